The third-order valence-corrected chi connectivity index (χ3v) is 9.20. The van der Waals surface area contributed by atoms with Gasteiger partial charge in [0, 0.05) is 23.3 Å². The van der Waals surface area contributed by atoms with Crippen LogP contribution < -0.4 is 15.5 Å². The predicted octanol–water partition coefficient (Wildman–Crippen LogP) is 4.12. The first-order valence-electron chi connectivity index (χ1n) is 15.6. The van der Waals surface area contributed by atoms with Crippen LogP contribution in [0.4, 0.5) is 0 Å². The van der Waals surface area contributed by atoms with Gasteiger partial charge in [0.25, 0.3) is 5.91 Å². The molecule has 45 heavy (non-hydrogen) atoms. The highest BCUT2D eigenvalue weighted by Crippen LogP contribution is 2.22. The van der Waals surface area contributed by atoms with E-state index in [1.165, 1.54) is 5.01 Å². The standard InChI is InChI=1S/C33H49N5O6S/c1-20(2)29(30(39)34-23(5)31(40)38-17-9-10-27(36-38)32(41)42)44-19-21(3)11-12-24-13-14-25-15-16-26(35-28(25)18-24)22(4)37-45(43)33(6,7)8/h11-16,18,20-23,27,29,36-37H,9-10,17,19H2,1-8H3,(H,34,39)(H,41,42)/b12-11+/t21?,22-,23?,27?,29?,45?/m1/s1. The molecule has 2 aromatic rings. The van der Waals surface area contributed by atoms with Crippen LogP contribution in [0.2, 0.25) is 0 Å². The summed E-state index contributed by atoms with van der Waals surface area (Å²) in [6.45, 7) is 15.8. The lowest BCUT2D eigenvalue weighted by Crippen LogP contribution is -2.60. The van der Waals surface area contributed by atoms with E-state index in [0.29, 0.717) is 26.0 Å². The number of hydrazine groups is 1. The molecule has 1 aromatic carbocycles. The van der Waals surface area contributed by atoms with Crippen molar-refractivity contribution in [3.05, 3.63) is 47.7 Å². The molecule has 11 nitrogen and oxygen atoms in total. The average molecular weight is 644 g/mol. The number of benzene rings is 1. The van der Waals surface area contributed by atoms with Crippen molar-refractivity contribution in [1.29, 1.82) is 0 Å². The number of amides is 2. The first-order chi connectivity index (χ1) is 21.1. The molecular weight excluding hydrogens is 594 g/mol. The first-order valence-corrected chi connectivity index (χ1v) is 16.7. The van der Waals surface area contributed by atoms with E-state index in [-0.39, 0.29) is 28.5 Å². The van der Waals surface area contributed by atoms with Crippen molar-refractivity contribution in [2.24, 2.45) is 11.8 Å². The fourth-order valence-electron chi connectivity index (χ4n) is 4.76. The number of carbonyl (C=O) groups excluding carboxylic acids is 2. The van der Waals surface area contributed by atoms with Crippen molar-refractivity contribution >= 4 is 46.1 Å². The Morgan fingerprint density at radius 3 is 2.51 bits per heavy atom. The number of hydrogen-bond acceptors (Lipinski definition) is 8. The molecule has 1 aromatic heterocycles. The van der Waals surface area contributed by atoms with Gasteiger partial charge in [0.05, 0.1) is 23.9 Å². The molecular formula is C33H49N5O6S. The molecule has 0 radical (unpaired) electrons. The van der Waals surface area contributed by atoms with Crippen LogP contribution >= 0.6 is 0 Å². The molecule has 1 aliphatic rings. The van der Waals surface area contributed by atoms with Crippen LogP contribution in [0.1, 0.15) is 85.5 Å². The molecule has 1 saturated heterocycles. The number of ether oxygens (including phenoxy) is 1. The van der Waals surface area contributed by atoms with Gasteiger partial charge in [0.1, 0.15) is 22.9 Å². The number of pyridine rings is 1. The molecule has 0 aliphatic carbocycles. The summed E-state index contributed by atoms with van der Waals surface area (Å²) in [5, 5.41) is 14.3. The lowest BCUT2D eigenvalue weighted by molar-refractivity contribution is -0.149. The summed E-state index contributed by atoms with van der Waals surface area (Å²) in [6, 6.07) is 8.16. The molecule has 4 N–H and O–H groups in total. The van der Waals surface area contributed by atoms with E-state index >= 15 is 0 Å². The van der Waals surface area contributed by atoms with Crippen molar-refractivity contribution in [3.8, 4) is 0 Å². The maximum Gasteiger partial charge on any atom is 0.322 e. The third kappa shape index (κ3) is 10.5. The minimum atomic E-state index is -1.21. The topological polar surface area (TPSA) is 156 Å². The van der Waals surface area contributed by atoms with Gasteiger partial charge in [-0.2, -0.15) is 0 Å². The van der Waals surface area contributed by atoms with E-state index in [1.54, 1.807) is 6.92 Å². The Kier molecular flexibility index (Phi) is 13.0. The van der Waals surface area contributed by atoms with Crippen LogP contribution in [-0.2, 0) is 30.5 Å². The van der Waals surface area contributed by atoms with Crippen LogP contribution in [-0.4, -0.2) is 73.5 Å². The molecule has 0 saturated carbocycles. The number of carbonyl (C=O) groups is 3. The number of aromatic nitrogens is 1. The Labute approximate surface area is 269 Å². The lowest BCUT2D eigenvalue weighted by atomic mass is 10.0. The molecule has 0 bridgehead atoms. The number of nitrogens with one attached hydrogen (secondary N) is 3. The molecule has 2 heterocycles. The molecule has 2 amide bonds. The van der Waals surface area contributed by atoms with Gasteiger partial charge >= 0.3 is 5.97 Å². The average Bonchev–Trinajstić information content (AvgIpc) is 2.98. The second-order valence-electron chi connectivity index (χ2n) is 13.1. The van der Waals surface area contributed by atoms with Crippen LogP contribution in [0.5, 0.6) is 0 Å². The quantitative estimate of drug-likeness (QED) is 0.236. The summed E-state index contributed by atoms with van der Waals surface area (Å²) in [5.74, 6) is -1.93. The fourth-order valence-corrected chi connectivity index (χ4v) is 5.56. The molecule has 6 atom stereocenters. The van der Waals surface area contributed by atoms with Crippen molar-refractivity contribution in [1.82, 2.24) is 25.5 Å². The van der Waals surface area contributed by atoms with E-state index < -0.39 is 41.4 Å². The molecule has 1 aliphatic heterocycles. The predicted molar refractivity (Wildman–Crippen MR) is 177 cm³/mol. The van der Waals surface area contributed by atoms with E-state index in [1.807, 2.05) is 91.0 Å². The van der Waals surface area contributed by atoms with Crippen molar-refractivity contribution in [2.75, 3.05) is 13.2 Å². The van der Waals surface area contributed by atoms with Gasteiger partial charge < -0.3 is 19.7 Å². The summed E-state index contributed by atoms with van der Waals surface area (Å²) in [4.78, 5) is 42.1. The van der Waals surface area contributed by atoms with Crippen molar-refractivity contribution < 1.29 is 28.8 Å². The van der Waals surface area contributed by atoms with Crippen LogP contribution in [0, 0.1) is 11.8 Å². The van der Waals surface area contributed by atoms with Crippen molar-refractivity contribution in [2.45, 2.75) is 97.2 Å². The maximum absolute atomic E-state index is 13.1. The Hall–Kier alpha value is -3.03. The van der Waals surface area contributed by atoms with Gasteiger partial charge in [-0.3, -0.25) is 24.4 Å². The number of nitrogens with zero attached hydrogens (tertiary/aromatic N) is 2. The van der Waals surface area contributed by atoms with Gasteiger partial charge in [-0.25, -0.2) is 5.43 Å². The third-order valence-electron chi connectivity index (χ3n) is 7.52. The molecule has 3 rings (SSSR count). The summed E-state index contributed by atoms with van der Waals surface area (Å²) >= 11 is -1.21. The van der Waals surface area contributed by atoms with Gasteiger partial charge in [-0.1, -0.05) is 51.1 Å². The minimum Gasteiger partial charge on any atom is -0.598 e. The molecule has 248 valence electrons. The second kappa shape index (κ2) is 16.0. The number of aliphatic carboxylic acids is 1. The van der Waals surface area contributed by atoms with Gasteiger partial charge in [-0.15, -0.1) is 4.72 Å². The van der Waals surface area contributed by atoms with E-state index in [2.05, 4.69) is 15.5 Å². The van der Waals surface area contributed by atoms with Crippen molar-refractivity contribution in [3.63, 3.8) is 0 Å². The lowest BCUT2D eigenvalue weighted by Gasteiger charge is -2.34. The Bertz CT molecular complexity index is 1360. The normalized spacial score (nSPS) is 19.3. The van der Waals surface area contributed by atoms with E-state index in [9.17, 15) is 24.0 Å². The smallest absolute Gasteiger partial charge is 0.322 e. The van der Waals surface area contributed by atoms with Gasteiger partial charge in [0.2, 0.25) is 5.91 Å². The molecule has 5 unspecified atom stereocenters. The summed E-state index contributed by atoms with van der Waals surface area (Å²) < 4.78 is 21.3. The number of fused-ring (bicyclic) bond motifs is 1. The number of carboxylic acid groups (broad SMARTS) is 1. The zero-order chi connectivity index (χ0) is 33.5. The van der Waals surface area contributed by atoms with Crippen LogP contribution in [0.3, 0.4) is 0 Å². The largest absolute Gasteiger partial charge is 0.598 e. The van der Waals surface area contributed by atoms with Gasteiger partial charge in [0.15, 0.2) is 0 Å². The second-order valence-corrected chi connectivity index (χ2v) is 15.1. The zero-order valence-corrected chi connectivity index (χ0v) is 28.4. The molecule has 1 fully saturated rings. The number of carboxylic acids is 1. The SMILES string of the molecule is CC(/C=C/c1ccc2ccc([C@@H](C)N[S+]([O-])C(C)(C)C)nc2c1)COC(C(=O)NC(C)C(=O)N1CCCC(C(=O)O)N1)C(C)C. The Morgan fingerprint density at radius 2 is 1.87 bits per heavy atom. The summed E-state index contributed by atoms with van der Waals surface area (Å²) in [6.07, 6.45) is 4.26. The summed E-state index contributed by atoms with van der Waals surface area (Å²) in [7, 11) is 0. The monoisotopic (exact) mass is 643 g/mol. The fraction of sp³-hybridized carbons (Fsp3) is 0.576. The van der Waals surface area contributed by atoms with E-state index in [0.717, 1.165) is 22.2 Å². The van der Waals surface area contributed by atoms with Crippen LogP contribution in [0.25, 0.3) is 17.0 Å². The van der Waals surface area contributed by atoms with E-state index in [4.69, 9.17) is 9.72 Å². The highest BCUT2D eigenvalue weighted by atomic mass is 32.2. The molecule has 12 heteroatoms. The zero-order valence-electron chi connectivity index (χ0n) is 27.6. The first kappa shape index (κ1) is 36.4. The molecule has 0 spiro atoms. The summed E-state index contributed by atoms with van der Waals surface area (Å²) in [5.41, 5.74) is 5.36. The van der Waals surface area contributed by atoms with Crippen LogP contribution in [0.15, 0.2) is 36.4 Å². The Balaban J connectivity index is 1.58. The minimum absolute atomic E-state index is 0.00445. The number of rotatable bonds is 13. The highest BCUT2D eigenvalue weighted by Gasteiger charge is 2.32. The number of hydrogen-bond donors (Lipinski definition) is 4. The Morgan fingerprint density at radius 1 is 1.18 bits per heavy atom. The highest BCUT2D eigenvalue weighted by molar-refractivity contribution is 7.90. The maximum atomic E-state index is 13.1. The van der Waals surface area contributed by atoms with Gasteiger partial charge in [-0.05, 0) is 77.0 Å².